The molecule has 1 aromatic heterocycles. The molecule has 1 N–H and O–H groups in total. The predicted molar refractivity (Wildman–Crippen MR) is 79.4 cm³/mol. The van der Waals surface area contributed by atoms with Gasteiger partial charge in [0.25, 0.3) is 5.56 Å². The molecule has 3 aromatic rings. The molecule has 19 heavy (non-hydrogen) atoms. The van der Waals surface area contributed by atoms with Gasteiger partial charge in [0.1, 0.15) is 0 Å². The fourth-order valence-electron chi connectivity index (χ4n) is 2.46. The zero-order valence-electron chi connectivity index (χ0n) is 10.8. The first kappa shape index (κ1) is 11.7. The van der Waals surface area contributed by atoms with Crippen molar-refractivity contribution in [3.8, 4) is 11.1 Å². The van der Waals surface area contributed by atoms with Gasteiger partial charge >= 0.3 is 0 Å². The second kappa shape index (κ2) is 4.73. The fourth-order valence-corrected chi connectivity index (χ4v) is 2.46. The Morgan fingerprint density at radius 2 is 1.89 bits per heavy atom. The van der Waals surface area contributed by atoms with Gasteiger partial charge in [-0.15, -0.1) is 0 Å². The molecule has 1 heterocycles. The minimum Gasteiger partial charge on any atom is -0.329 e. The van der Waals surface area contributed by atoms with Crippen LogP contribution in [0, 0.1) is 0 Å². The number of fused-ring (bicyclic) bond motifs is 1. The van der Waals surface area contributed by atoms with Gasteiger partial charge in [-0.05, 0) is 40.6 Å². The van der Waals surface area contributed by atoms with Crippen LogP contribution >= 0.6 is 0 Å². The molecule has 0 fully saturated rings. The van der Waals surface area contributed by atoms with E-state index in [1.54, 1.807) is 6.20 Å². The van der Waals surface area contributed by atoms with Crippen LogP contribution < -0.4 is 5.56 Å². The number of aryl methyl sites for hydroxylation is 1. The Hall–Kier alpha value is -2.35. The zero-order valence-corrected chi connectivity index (χ0v) is 10.8. The lowest BCUT2D eigenvalue weighted by atomic mass is 9.96. The molecule has 0 atom stereocenters. The molecule has 0 aliphatic carbocycles. The van der Waals surface area contributed by atoms with Crippen LogP contribution in [-0.2, 0) is 6.42 Å². The third-order valence-corrected chi connectivity index (χ3v) is 3.48. The van der Waals surface area contributed by atoms with Crippen molar-refractivity contribution in [1.29, 1.82) is 0 Å². The largest absolute Gasteiger partial charge is 0.329 e. The van der Waals surface area contributed by atoms with E-state index >= 15 is 0 Å². The lowest BCUT2D eigenvalue weighted by Crippen LogP contribution is -2.04. The number of benzene rings is 2. The van der Waals surface area contributed by atoms with E-state index < -0.39 is 0 Å². The zero-order chi connectivity index (χ0) is 13.2. The Labute approximate surface area is 111 Å². The minimum atomic E-state index is -0.0340. The van der Waals surface area contributed by atoms with Crippen LogP contribution in [0.25, 0.3) is 21.9 Å². The number of hydrogen-bond donors (Lipinski definition) is 1. The van der Waals surface area contributed by atoms with Gasteiger partial charge < -0.3 is 4.98 Å². The van der Waals surface area contributed by atoms with Crippen LogP contribution in [0.15, 0.2) is 59.5 Å². The number of H-pyrrole nitrogens is 1. The summed E-state index contributed by atoms with van der Waals surface area (Å²) >= 11 is 0. The van der Waals surface area contributed by atoms with Gasteiger partial charge in [-0.3, -0.25) is 4.79 Å². The van der Waals surface area contributed by atoms with Gasteiger partial charge in [-0.2, -0.15) is 0 Å². The predicted octanol–water partition coefficient (Wildman–Crippen LogP) is 3.76. The molecule has 0 saturated heterocycles. The monoisotopic (exact) mass is 249 g/mol. The summed E-state index contributed by atoms with van der Waals surface area (Å²) in [6, 6.07) is 16.3. The van der Waals surface area contributed by atoms with E-state index in [1.807, 2.05) is 24.3 Å². The summed E-state index contributed by atoms with van der Waals surface area (Å²) < 4.78 is 0. The molecule has 2 heteroatoms. The summed E-state index contributed by atoms with van der Waals surface area (Å²) in [5.74, 6) is 0. The second-order valence-corrected chi connectivity index (χ2v) is 4.62. The van der Waals surface area contributed by atoms with E-state index in [4.69, 9.17) is 0 Å². The average Bonchev–Trinajstić information content (AvgIpc) is 2.47. The first-order valence-corrected chi connectivity index (χ1v) is 6.49. The number of aromatic amines is 1. The molecule has 0 radical (unpaired) electrons. The molecule has 0 bridgehead atoms. The summed E-state index contributed by atoms with van der Waals surface area (Å²) in [5.41, 5.74) is 3.57. The van der Waals surface area contributed by atoms with Crippen LogP contribution in [0.4, 0.5) is 0 Å². The van der Waals surface area contributed by atoms with Crippen molar-refractivity contribution >= 4 is 10.8 Å². The highest BCUT2D eigenvalue weighted by Gasteiger charge is 2.05. The van der Waals surface area contributed by atoms with Crippen molar-refractivity contribution in [2.24, 2.45) is 0 Å². The highest BCUT2D eigenvalue weighted by Crippen LogP contribution is 2.26. The number of rotatable bonds is 2. The highest BCUT2D eigenvalue weighted by atomic mass is 16.1. The van der Waals surface area contributed by atoms with Gasteiger partial charge in [-0.25, -0.2) is 0 Å². The third-order valence-electron chi connectivity index (χ3n) is 3.48. The number of hydrogen-bond acceptors (Lipinski definition) is 1. The molecule has 0 spiro atoms. The smallest absolute Gasteiger partial charge is 0.255 e. The van der Waals surface area contributed by atoms with Gasteiger partial charge in [-0.1, -0.05) is 43.3 Å². The Morgan fingerprint density at radius 3 is 2.74 bits per heavy atom. The van der Waals surface area contributed by atoms with E-state index in [0.717, 1.165) is 22.8 Å². The molecule has 0 unspecified atom stereocenters. The maximum absolute atomic E-state index is 11.9. The molecular weight excluding hydrogens is 234 g/mol. The second-order valence-electron chi connectivity index (χ2n) is 4.62. The maximum atomic E-state index is 11.9. The van der Waals surface area contributed by atoms with Crippen molar-refractivity contribution in [2.45, 2.75) is 13.3 Å². The Morgan fingerprint density at radius 1 is 1.05 bits per heavy atom. The van der Waals surface area contributed by atoms with Crippen LogP contribution in [0.1, 0.15) is 12.5 Å². The Kier molecular flexibility index (Phi) is 2.92. The van der Waals surface area contributed by atoms with Crippen LogP contribution in [-0.4, -0.2) is 4.98 Å². The van der Waals surface area contributed by atoms with Gasteiger partial charge in [0.15, 0.2) is 0 Å². The molecule has 0 aliphatic heterocycles. The lowest BCUT2D eigenvalue weighted by Gasteiger charge is -2.08. The highest BCUT2D eigenvalue weighted by molar-refractivity contribution is 5.86. The Balaban J connectivity index is 2.26. The SMILES string of the molecule is CCc1ccccc1-c1ccc2cc[nH]c(=O)c2c1. The van der Waals surface area contributed by atoms with E-state index in [-0.39, 0.29) is 5.56 Å². The third kappa shape index (κ3) is 2.06. The fraction of sp³-hybridized carbons (Fsp3) is 0.118. The summed E-state index contributed by atoms with van der Waals surface area (Å²) in [6.45, 7) is 2.15. The quantitative estimate of drug-likeness (QED) is 0.737. The summed E-state index contributed by atoms with van der Waals surface area (Å²) in [7, 11) is 0. The van der Waals surface area contributed by atoms with Crippen LogP contribution in [0.5, 0.6) is 0 Å². The van der Waals surface area contributed by atoms with Gasteiger partial charge in [0.2, 0.25) is 0 Å². The number of aromatic nitrogens is 1. The molecular formula is C17H15NO. The Bertz CT molecular complexity index is 786. The van der Waals surface area contributed by atoms with Crippen molar-refractivity contribution in [2.75, 3.05) is 0 Å². The maximum Gasteiger partial charge on any atom is 0.255 e. The van der Waals surface area contributed by atoms with Crippen LogP contribution in [0.3, 0.4) is 0 Å². The van der Waals surface area contributed by atoms with E-state index in [0.29, 0.717) is 0 Å². The first-order chi connectivity index (χ1) is 9.29. The molecule has 0 saturated carbocycles. The summed E-state index contributed by atoms with van der Waals surface area (Å²) in [4.78, 5) is 14.6. The molecule has 3 rings (SSSR count). The average molecular weight is 249 g/mol. The molecule has 0 aliphatic rings. The number of pyridine rings is 1. The van der Waals surface area contributed by atoms with Crippen molar-refractivity contribution in [1.82, 2.24) is 4.98 Å². The van der Waals surface area contributed by atoms with E-state index in [9.17, 15) is 4.79 Å². The van der Waals surface area contributed by atoms with E-state index in [1.165, 1.54) is 11.1 Å². The summed E-state index contributed by atoms with van der Waals surface area (Å²) in [5, 5.41) is 1.72. The van der Waals surface area contributed by atoms with Crippen molar-refractivity contribution in [3.05, 3.63) is 70.6 Å². The molecule has 94 valence electrons. The van der Waals surface area contributed by atoms with Gasteiger partial charge in [0, 0.05) is 11.6 Å². The normalized spacial score (nSPS) is 10.8. The minimum absolute atomic E-state index is 0.0340. The topological polar surface area (TPSA) is 32.9 Å². The molecule has 0 amide bonds. The van der Waals surface area contributed by atoms with E-state index in [2.05, 4.69) is 36.2 Å². The van der Waals surface area contributed by atoms with Crippen molar-refractivity contribution in [3.63, 3.8) is 0 Å². The van der Waals surface area contributed by atoms with Gasteiger partial charge in [0.05, 0.1) is 0 Å². The standard InChI is InChI=1S/C17H15NO/c1-2-12-5-3-4-6-15(12)14-8-7-13-9-10-18-17(19)16(13)11-14/h3-11H,2H2,1H3,(H,18,19). The lowest BCUT2D eigenvalue weighted by molar-refractivity contribution is 1.14. The first-order valence-electron chi connectivity index (χ1n) is 6.49. The van der Waals surface area contributed by atoms with Crippen molar-refractivity contribution < 1.29 is 0 Å². The molecule has 2 nitrogen and oxygen atoms in total. The van der Waals surface area contributed by atoms with Crippen LogP contribution in [0.2, 0.25) is 0 Å². The summed E-state index contributed by atoms with van der Waals surface area (Å²) in [6.07, 6.45) is 2.67. The molecule has 2 aromatic carbocycles. The number of nitrogens with one attached hydrogen (secondary N) is 1.